The molecule has 0 amide bonds. The SMILES string of the molecule is Oc1cncc2ccc(Br)cc12. The fraction of sp³-hybridized carbons (Fsp3) is 0. The molecule has 1 aromatic heterocycles. The second kappa shape index (κ2) is 2.75. The van der Waals surface area contributed by atoms with Crippen LogP contribution in [0.25, 0.3) is 10.8 Å². The number of aromatic nitrogens is 1. The largest absolute Gasteiger partial charge is 0.506 e. The van der Waals surface area contributed by atoms with Gasteiger partial charge in [0.2, 0.25) is 0 Å². The van der Waals surface area contributed by atoms with E-state index in [0.717, 1.165) is 15.2 Å². The molecule has 0 saturated carbocycles. The Hall–Kier alpha value is -1.09. The first-order chi connectivity index (χ1) is 5.77. The zero-order valence-corrected chi connectivity index (χ0v) is 7.75. The zero-order valence-electron chi connectivity index (χ0n) is 6.16. The van der Waals surface area contributed by atoms with E-state index in [1.165, 1.54) is 6.20 Å². The summed E-state index contributed by atoms with van der Waals surface area (Å²) >= 11 is 3.34. The third-order valence-corrected chi connectivity index (χ3v) is 2.19. The molecule has 0 fully saturated rings. The zero-order chi connectivity index (χ0) is 8.55. The number of hydrogen-bond donors (Lipinski definition) is 1. The van der Waals surface area contributed by atoms with E-state index in [1.54, 1.807) is 6.20 Å². The summed E-state index contributed by atoms with van der Waals surface area (Å²) in [6.45, 7) is 0. The highest BCUT2D eigenvalue weighted by Crippen LogP contribution is 2.25. The maximum Gasteiger partial charge on any atom is 0.141 e. The van der Waals surface area contributed by atoms with Crippen molar-refractivity contribution < 1.29 is 5.11 Å². The van der Waals surface area contributed by atoms with Gasteiger partial charge in [-0.2, -0.15) is 0 Å². The van der Waals surface area contributed by atoms with Crippen LogP contribution in [-0.2, 0) is 0 Å². The number of rotatable bonds is 0. The standard InChI is InChI=1S/C9H6BrNO/c10-7-2-1-6-4-11-5-9(12)8(6)3-7/h1-5,12H. The van der Waals surface area contributed by atoms with Crippen LogP contribution in [0.4, 0.5) is 0 Å². The van der Waals surface area contributed by atoms with Gasteiger partial charge in [0, 0.05) is 21.4 Å². The molecule has 60 valence electrons. The van der Waals surface area contributed by atoms with Gasteiger partial charge in [-0.05, 0) is 12.1 Å². The van der Waals surface area contributed by atoms with Crippen molar-refractivity contribution in [3.05, 3.63) is 35.1 Å². The number of hydrogen-bond acceptors (Lipinski definition) is 2. The van der Waals surface area contributed by atoms with E-state index in [2.05, 4.69) is 20.9 Å². The Labute approximate surface area is 78.0 Å². The molecule has 1 aromatic carbocycles. The Morgan fingerprint density at radius 2 is 2.08 bits per heavy atom. The van der Waals surface area contributed by atoms with Gasteiger partial charge in [-0.3, -0.25) is 4.98 Å². The number of aromatic hydroxyl groups is 1. The molecule has 1 N–H and O–H groups in total. The van der Waals surface area contributed by atoms with Crippen molar-refractivity contribution in [2.75, 3.05) is 0 Å². The van der Waals surface area contributed by atoms with Gasteiger partial charge in [-0.15, -0.1) is 0 Å². The lowest BCUT2D eigenvalue weighted by molar-refractivity contribution is 0.479. The van der Waals surface area contributed by atoms with Crippen molar-refractivity contribution in [3.8, 4) is 5.75 Å². The first-order valence-electron chi connectivity index (χ1n) is 3.49. The Morgan fingerprint density at radius 3 is 2.92 bits per heavy atom. The summed E-state index contributed by atoms with van der Waals surface area (Å²) < 4.78 is 0.955. The number of halogens is 1. The van der Waals surface area contributed by atoms with Gasteiger partial charge in [0.25, 0.3) is 0 Å². The third kappa shape index (κ3) is 1.16. The van der Waals surface area contributed by atoms with Crippen LogP contribution in [-0.4, -0.2) is 10.1 Å². The molecule has 0 saturated heterocycles. The maximum absolute atomic E-state index is 9.41. The van der Waals surface area contributed by atoms with E-state index < -0.39 is 0 Å². The number of benzene rings is 1. The van der Waals surface area contributed by atoms with Crippen molar-refractivity contribution >= 4 is 26.7 Å². The van der Waals surface area contributed by atoms with Crippen molar-refractivity contribution in [2.45, 2.75) is 0 Å². The van der Waals surface area contributed by atoms with Gasteiger partial charge in [0.05, 0.1) is 6.20 Å². The van der Waals surface area contributed by atoms with E-state index in [0.29, 0.717) is 0 Å². The van der Waals surface area contributed by atoms with Crippen LogP contribution in [0, 0.1) is 0 Å². The number of pyridine rings is 1. The topological polar surface area (TPSA) is 33.1 Å². The molecule has 0 radical (unpaired) electrons. The maximum atomic E-state index is 9.41. The first kappa shape index (κ1) is 7.55. The minimum atomic E-state index is 0.216. The van der Waals surface area contributed by atoms with Gasteiger partial charge in [-0.25, -0.2) is 0 Å². The van der Waals surface area contributed by atoms with Gasteiger partial charge in [0.15, 0.2) is 0 Å². The summed E-state index contributed by atoms with van der Waals surface area (Å²) in [6.07, 6.45) is 3.16. The number of nitrogens with zero attached hydrogens (tertiary/aromatic N) is 1. The summed E-state index contributed by atoms with van der Waals surface area (Å²) in [5, 5.41) is 11.2. The Kier molecular flexibility index (Phi) is 1.73. The van der Waals surface area contributed by atoms with E-state index in [-0.39, 0.29) is 5.75 Å². The molecule has 0 spiro atoms. The molecule has 0 aliphatic heterocycles. The predicted octanol–water partition coefficient (Wildman–Crippen LogP) is 2.70. The molecule has 3 heteroatoms. The summed E-state index contributed by atoms with van der Waals surface area (Å²) in [4.78, 5) is 3.88. The van der Waals surface area contributed by atoms with Crippen molar-refractivity contribution in [1.82, 2.24) is 4.98 Å². The summed E-state index contributed by atoms with van der Waals surface area (Å²) in [5.41, 5.74) is 0. The summed E-state index contributed by atoms with van der Waals surface area (Å²) in [7, 11) is 0. The quantitative estimate of drug-likeness (QED) is 0.746. The van der Waals surface area contributed by atoms with Crippen LogP contribution in [0.1, 0.15) is 0 Å². The lowest BCUT2D eigenvalue weighted by Crippen LogP contribution is -1.76. The van der Waals surface area contributed by atoms with E-state index in [9.17, 15) is 5.11 Å². The van der Waals surface area contributed by atoms with Gasteiger partial charge in [-0.1, -0.05) is 22.0 Å². The molecule has 0 aliphatic rings. The molecular formula is C9H6BrNO. The highest BCUT2D eigenvalue weighted by molar-refractivity contribution is 9.10. The average Bonchev–Trinajstić information content (AvgIpc) is 2.07. The molecule has 2 aromatic rings. The van der Waals surface area contributed by atoms with Crippen LogP contribution in [0.15, 0.2) is 35.1 Å². The van der Waals surface area contributed by atoms with Gasteiger partial charge < -0.3 is 5.11 Å². The molecule has 0 unspecified atom stereocenters. The summed E-state index contributed by atoms with van der Waals surface area (Å²) in [6, 6.07) is 5.70. The Morgan fingerprint density at radius 1 is 1.25 bits per heavy atom. The normalized spacial score (nSPS) is 10.4. The highest BCUT2D eigenvalue weighted by atomic mass is 79.9. The van der Waals surface area contributed by atoms with E-state index in [1.807, 2.05) is 18.2 Å². The molecule has 0 aliphatic carbocycles. The van der Waals surface area contributed by atoms with Crippen LogP contribution in [0.5, 0.6) is 5.75 Å². The van der Waals surface area contributed by atoms with Crippen LogP contribution in [0.2, 0.25) is 0 Å². The molecule has 12 heavy (non-hydrogen) atoms. The van der Waals surface area contributed by atoms with Crippen molar-refractivity contribution in [3.63, 3.8) is 0 Å². The molecule has 2 rings (SSSR count). The van der Waals surface area contributed by atoms with Gasteiger partial charge in [0.1, 0.15) is 5.75 Å². The molecular weight excluding hydrogens is 218 g/mol. The predicted molar refractivity (Wildman–Crippen MR) is 51.1 cm³/mol. The smallest absolute Gasteiger partial charge is 0.141 e. The fourth-order valence-electron chi connectivity index (χ4n) is 1.12. The van der Waals surface area contributed by atoms with E-state index in [4.69, 9.17) is 0 Å². The van der Waals surface area contributed by atoms with Crippen LogP contribution in [0.3, 0.4) is 0 Å². The second-order valence-corrected chi connectivity index (χ2v) is 3.44. The number of fused-ring (bicyclic) bond motifs is 1. The molecule has 1 heterocycles. The minimum Gasteiger partial charge on any atom is -0.506 e. The van der Waals surface area contributed by atoms with Crippen molar-refractivity contribution in [2.24, 2.45) is 0 Å². The lowest BCUT2D eigenvalue weighted by atomic mass is 10.2. The minimum absolute atomic E-state index is 0.216. The third-order valence-electron chi connectivity index (χ3n) is 1.70. The molecule has 0 atom stereocenters. The second-order valence-electron chi connectivity index (χ2n) is 2.52. The summed E-state index contributed by atoms with van der Waals surface area (Å²) in [5.74, 6) is 0.216. The Bertz CT molecular complexity index is 428. The van der Waals surface area contributed by atoms with Crippen molar-refractivity contribution in [1.29, 1.82) is 0 Å². The highest BCUT2D eigenvalue weighted by Gasteiger charge is 1.98. The van der Waals surface area contributed by atoms with Crippen LogP contribution < -0.4 is 0 Å². The lowest BCUT2D eigenvalue weighted by Gasteiger charge is -1.99. The fourth-order valence-corrected chi connectivity index (χ4v) is 1.48. The van der Waals surface area contributed by atoms with Crippen LogP contribution >= 0.6 is 15.9 Å². The Balaban J connectivity index is 2.88. The van der Waals surface area contributed by atoms with E-state index >= 15 is 0 Å². The van der Waals surface area contributed by atoms with Gasteiger partial charge >= 0.3 is 0 Å². The molecule has 0 bridgehead atoms. The monoisotopic (exact) mass is 223 g/mol. The molecule has 2 nitrogen and oxygen atoms in total. The first-order valence-corrected chi connectivity index (χ1v) is 4.29. The average molecular weight is 224 g/mol.